The molecule has 0 unspecified atom stereocenters. The number of hydrogen-bond donors (Lipinski definition) is 1. The summed E-state index contributed by atoms with van der Waals surface area (Å²) in [7, 11) is 0. The third kappa shape index (κ3) is 5.34. The number of anilines is 3. The van der Waals surface area contributed by atoms with Gasteiger partial charge in [-0.25, -0.2) is 18.7 Å². The summed E-state index contributed by atoms with van der Waals surface area (Å²) in [6.45, 7) is 4.58. The topological polar surface area (TPSA) is 61.4 Å². The van der Waals surface area contributed by atoms with Crippen LogP contribution in [0.4, 0.5) is 26.0 Å². The van der Waals surface area contributed by atoms with Crippen LogP contribution in [0.25, 0.3) is 0 Å². The molecule has 1 saturated heterocycles. The second kappa shape index (κ2) is 9.95. The minimum atomic E-state index is -0.394. The molecule has 2 heterocycles. The summed E-state index contributed by atoms with van der Waals surface area (Å²) < 4.78 is 27.5. The maximum Gasteiger partial charge on any atom is 0.234 e. The van der Waals surface area contributed by atoms with Crippen LogP contribution in [0.5, 0.6) is 0 Å². The number of nitrogens with one attached hydrogen (secondary N) is 1. The third-order valence-electron chi connectivity index (χ3n) is 5.25. The maximum absolute atomic E-state index is 14.0. The van der Waals surface area contributed by atoms with Gasteiger partial charge in [0, 0.05) is 37.9 Å². The van der Waals surface area contributed by atoms with Gasteiger partial charge in [-0.1, -0.05) is 30.0 Å². The Hall–Kier alpha value is -3.20. The molecular formula is C23H23F2N5OS. The lowest BCUT2D eigenvalue weighted by atomic mass is 10.2. The highest BCUT2D eigenvalue weighted by atomic mass is 32.2. The number of rotatable bonds is 6. The largest absolute Gasteiger partial charge is 0.366 e. The smallest absolute Gasteiger partial charge is 0.234 e. The molecule has 2 aromatic carbocycles. The summed E-state index contributed by atoms with van der Waals surface area (Å²) in [4.78, 5) is 25.0. The summed E-state index contributed by atoms with van der Waals surface area (Å²) in [5.74, 6) is 0.0786. The average Bonchev–Trinajstić information content (AvgIpc) is 2.81. The number of benzene rings is 2. The van der Waals surface area contributed by atoms with Crippen LogP contribution in [-0.4, -0.2) is 47.8 Å². The van der Waals surface area contributed by atoms with Crippen molar-refractivity contribution in [2.75, 3.05) is 47.0 Å². The highest BCUT2D eigenvalue weighted by Crippen LogP contribution is 2.24. The number of aryl methyl sites for hydroxylation is 1. The van der Waals surface area contributed by atoms with Gasteiger partial charge in [0.25, 0.3) is 0 Å². The van der Waals surface area contributed by atoms with Gasteiger partial charge in [0.05, 0.1) is 11.4 Å². The molecule has 3 aromatic rings. The van der Waals surface area contributed by atoms with E-state index in [0.29, 0.717) is 42.6 Å². The van der Waals surface area contributed by atoms with Crippen LogP contribution in [0.3, 0.4) is 0 Å². The fourth-order valence-electron chi connectivity index (χ4n) is 3.52. The van der Waals surface area contributed by atoms with Gasteiger partial charge >= 0.3 is 0 Å². The SMILES string of the molecule is Cc1ccc(F)cc1NC(=O)CSc1cc(N2CCN(c3ccccc3F)CC2)ncn1. The lowest BCUT2D eigenvalue weighted by Crippen LogP contribution is -2.47. The maximum atomic E-state index is 14.0. The molecule has 1 fully saturated rings. The molecule has 166 valence electrons. The zero-order chi connectivity index (χ0) is 22.5. The zero-order valence-corrected chi connectivity index (χ0v) is 18.4. The van der Waals surface area contributed by atoms with Gasteiger partial charge in [-0.2, -0.15) is 0 Å². The molecule has 32 heavy (non-hydrogen) atoms. The number of aromatic nitrogens is 2. The molecule has 9 heteroatoms. The molecular weight excluding hydrogens is 432 g/mol. The first-order valence-corrected chi connectivity index (χ1v) is 11.2. The minimum Gasteiger partial charge on any atom is -0.366 e. The first-order chi connectivity index (χ1) is 15.5. The molecule has 4 rings (SSSR count). The summed E-state index contributed by atoms with van der Waals surface area (Å²) in [6, 6.07) is 12.9. The summed E-state index contributed by atoms with van der Waals surface area (Å²) in [6.07, 6.45) is 1.48. The highest BCUT2D eigenvalue weighted by molar-refractivity contribution is 7.99. The molecule has 0 bridgehead atoms. The van der Waals surface area contributed by atoms with Crippen molar-refractivity contribution in [3.05, 3.63) is 72.1 Å². The van der Waals surface area contributed by atoms with E-state index in [1.807, 2.05) is 24.0 Å². The molecule has 0 atom stereocenters. The van der Waals surface area contributed by atoms with E-state index in [1.54, 1.807) is 18.2 Å². The van der Waals surface area contributed by atoms with Gasteiger partial charge < -0.3 is 15.1 Å². The number of carbonyl (C=O) groups is 1. The van der Waals surface area contributed by atoms with Crippen molar-refractivity contribution in [3.8, 4) is 0 Å². The van der Waals surface area contributed by atoms with Crippen LogP contribution >= 0.6 is 11.8 Å². The zero-order valence-electron chi connectivity index (χ0n) is 17.6. The lowest BCUT2D eigenvalue weighted by molar-refractivity contribution is -0.113. The van der Waals surface area contributed by atoms with Crippen molar-refractivity contribution in [3.63, 3.8) is 0 Å². The van der Waals surface area contributed by atoms with Crippen LogP contribution in [0.1, 0.15) is 5.56 Å². The van der Waals surface area contributed by atoms with Crippen LogP contribution in [0.15, 0.2) is 59.9 Å². The van der Waals surface area contributed by atoms with Crippen molar-refractivity contribution >= 4 is 34.9 Å². The number of carbonyl (C=O) groups excluding carboxylic acids is 1. The second-order valence-electron chi connectivity index (χ2n) is 7.44. The molecule has 1 aliphatic heterocycles. The van der Waals surface area contributed by atoms with Crippen molar-refractivity contribution in [2.45, 2.75) is 11.9 Å². The number of amides is 1. The average molecular weight is 456 g/mol. The monoisotopic (exact) mass is 455 g/mol. The summed E-state index contributed by atoms with van der Waals surface area (Å²) in [5.41, 5.74) is 1.88. The molecule has 0 radical (unpaired) electrons. The first kappa shape index (κ1) is 22.0. The Balaban J connectivity index is 1.32. The molecule has 1 aromatic heterocycles. The molecule has 0 saturated carbocycles. The number of thioether (sulfide) groups is 1. The lowest BCUT2D eigenvalue weighted by Gasteiger charge is -2.36. The minimum absolute atomic E-state index is 0.146. The Bertz CT molecular complexity index is 1110. The van der Waals surface area contributed by atoms with Gasteiger partial charge in [-0.15, -0.1) is 0 Å². The Morgan fingerprint density at radius 3 is 2.56 bits per heavy atom. The van der Waals surface area contributed by atoms with Crippen molar-refractivity contribution in [2.24, 2.45) is 0 Å². The van der Waals surface area contributed by atoms with Crippen LogP contribution < -0.4 is 15.1 Å². The molecule has 1 aliphatic rings. The Labute approximate surface area is 189 Å². The summed E-state index contributed by atoms with van der Waals surface area (Å²) >= 11 is 1.29. The Kier molecular flexibility index (Phi) is 6.84. The first-order valence-electron chi connectivity index (χ1n) is 10.2. The van der Waals surface area contributed by atoms with Gasteiger partial charge in [-0.3, -0.25) is 4.79 Å². The van der Waals surface area contributed by atoms with Gasteiger partial charge in [0.2, 0.25) is 5.91 Å². The van der Waals surface area contributed by atoms with Crippen molar-refractivity contribution < 1.29 is 13.6 Å². The number of para-hydroxylation sites is 1. The van der Waals surface area contributed by atoms with E-state index >= 15 is 0 Å². The van der Waals surface area contributed by atoms with E-state index in [4.69, 9.17) is 0 Å². The second-order valence-corrected chi connectivity index (χ2v) is 8.43. The van der Waals surface area contributed by atoms with E-state index < -0.39 is 5.82 Å². The molecule has 6 nitrogen and oxygen atoms in total. The van der Waals surface area contributed by atoms with Crippen LogP contribution in [0.2, 0.25) is 0 Å². The van der Waals surface area contributed by atoms with E-state index in [-0.39, 0.29) is 17.5 Å². The van der Waals surface area contributed by atoms with E-state index in [0.717, 1.165) is 11.4 Å². The number of hydrogen-bond acceptors (Lipinski definition) is 6. The predicted molar refractivity (Wildman–Crippen MR) is 123 cm³/mol. The third-order valence-corrected chi connectivity index (χ3v) is 6.17. The number of nitrogens with zero attached hydrogens (tertiary/aromatic N) is 4. The fraction of sp³-hybridized carbons (Fsp3) is 0.261. The van der Waals surface area contributed by atoms with Gasteiger partial charge in [0.1, 0.15) is 28.8 Å². The Morgan fingerprint density at radius 2 is 1.78 bits per heavy atom. The predicted octanol–water partition coefficient (Wildman–Crippen LogP) is 4.12. The Morgan fingerprint density at radius 1 is 1.03 bits per heavy atom. The van der Waals surface area contributed by atoms with Gasteiger partial charge in [-0.05, 0) is 36.8 Å². The van der Waals surface area contributed by atoms with E-state index in [1.165, 1.54) is 36.3 Å². The van der Waals surface area contributed by atoms with Crippen LogP contribution in [0, 0.1) is 18.6 Å². The van der Waals surface area contributed by atoms with E-state index in [9.17, 15) is 13.6 Å². The summed E-state index contributed by atoms with van der Waals surface area (Å²) in [5, 5.41) is 3.41. The standard InChI is InChI=1S/C23H23F2N5OS/c1-16-6-7-17(24)12-19(16)28-22(31)14-32-23-13-21(26-15-27-23)30-10-8-29(9-11-30)20-5-3-2-4-18(20)25/h2-7,12-13,15H,8-11,14H2,1H3,(H,28,31). The quantitative estimate of drug-likeness (QED) is 0.446. The highest BCUT2D eigenvalue weighted by Gasteiger charge is 2.20. The number of halogens is 2. The molecule has 0 aliphatic carbocycles. The molecule has 0 spiro atoms. The van der Waals surface area contributed by atoms with Crippen LogP contribution in [-0.2, 0) is 4.79 Å². The van der Waals surface area contributed by atoms with E-state index in [2.05, 4.69) is 20.2 Å². The fourth-order valence-corrected chi connectivity index (χ4v) is 4.18. The molecule has 1 amide bonds. The molecule has 1 N–H and O–H groups in total. The van der Waals surface area contributed by atoms with Crippen molar-refractivity contribution in [1.82, 2.24) is 9.97 Å². The number of piperazine rings is 1. The van der Waals surface area contributed by atoms with Crippen molar-refractivity contribution in [1.29, 1.82) is 0 Å². The normalized spacial score (nSPS) is 13.8. The van der Waals surface area contributed by atoms with Gasteiger partial charge in [0.15, 0.2) is 0 Å².